The monoisotopic (exact) mass is 394 g/mol. The van der Waals surface area contributed by atoms with Crippen LogP contribution in [-0.2, 0) is 0 Å². The summed E-state index contributed by atoms with van der Waals surface area (Å²) < 4.78 is 11.8. The molecule has 0 aromatic heterocycles. The molecular weight excluding hydrogens is 380 g/mol. The summed E-state index contributed by atoms with van der Waals surface area (Å²) in [6, 6.07) is 12.5. The van der Waals surface area contributed by atoms with Crippen molar-refractivity contribution < 1.29 is 14.3 Å². The van der Waals surface area contributed by atoms with Gasteiger partial charge in [-0.05, 0) is 35.9 Å². The van der Waals surface area contributed by atoms with Gasteiger partial charge in [0.1, 0.15) is 24.7 Å². The molecule has 3 nitrogen and oxygen atoms in total. The highest BCUT2D eigenvalue weighted by atomic mass is 79.9. The van der Waals surface area contributed by atoms with Gasteiger partial charge in [0.15, 0.2) is 5.78 Å². The Bertz CT molecular complexity index is 852. The molecule has 0 fully saturated rings. The van der Waals surface area contributed by atoms with E-state index in [0.717, 1.165) is 10.0 Å². The molecule has 2 aromatic carbocycles. The predicted octanol–water partition coefficient (Wildman–Crippen LogP) is 4.37. The molecular formula is C21H15BrO3. The van der Waals surface area contributed by atoms with E-state index in [1.165, 1.54) is 6.08 Å². The van der Waals surface area contributed by atoms with Crippen molar-refractivity contribution in [2.45, 2.75) is 0 Å². The lowest BCUT2D eigenvalue weighted by Crippen LogP contribution is -2.03. The maximum absolute atomic E-state index is 12.5. The molecule has 0 saturated heterocycles. The van der Waals surface area contributed by atoms with Crippen LogP contribution in [0.25, 0.3) is 6.08 Å². The summed E-state index contributed by atoms with van der Waals surface area (Å²) in [4.78, 5) is 12.5. The van der Waals surface area contributed by atoms with Gasteiger partial charge in [-0.15, -0.1) is 12.8 Å². The molecule has 4 heteroatoms. The number of halogens is 1. The van der Waals surface area contributed by atoms with E-state index in [1.54, 1.807) is 24.3 Å². The number of carbonyl (C=O) groups is 1. The van der Waals surface area contributed by atoms with Crippen molar-refractivity contribution in [3.05, 3.63) is 64.1 Å². The van der Waals surface area contributed by atoms with Gasteiger partial charge in [0.25, 0.3) is 0 Å². The zero-order chi connectivity index (χ0) is 18.1. The lowest BCUT2D eigenvalue weighted by Gasteiger charge is -2.10. The quantitative estimate of drug-likeness (QED) is 0.397. The fourth-order valence-corrected chi connectivity index (χ4v) is 2.26. The fourth-order valence-electron chi connectivity index (χ4n) is 2.00. The van der Waals surface area contributed by atoms with Crippen LogP contribution >= 0.6 is 15.9 Å². The average Bonchev–Trinajstić information content (AvgIpc) is 2.64. The number of carbonyl (C=O) groups excluding carboxylic acids is 1. The van der Waals surface area contributed by atoms with Gasteiger partial charge in [0.05, 0.1) is 5.56 Å². The van der Waals surface area contributed by atoms with Crippen LogP contribution in [0.4, 0.5) is 0 Å². The maximum atomic E-state index is 12.5. The van der Waals surface area contributed by atoms with Crippen molar-refractivity contribution in [2.75, 3.05) is 13.2 Å². The third-order valence-electron chi connectivity index (χ3n) is 3.15. The first-order chi connectivity index (χ1) is 12.1. The number of rotatable bonds is 7. The van der Waals surface area contributed by atoms with Gasteiger partial charge in [0.2, 0.25) is 0 Å². The predicted molar refractivity (Wildman–Crippen MR) is 103 cm³/mol. The van der Waals surface area contributed by atoms with Crippen molar-refractivity contribution in [1.29, 1.82) is 0 Å². The smallest absolute Gasteiger partial charge is 0.189 e. The van der Waals surface area contributed by atoms with E-state index in [1.807, 2.05) is 24.3 Å². The minimum Gasteiger partial charge on any atom is -0.481 e. The second kappa shape index (κ2) is 9.37. The summed E-state index contributed by atoms with van der Waals surface area (Å²) in [6.07, 6.45) is 13.6. The second-order valence-corrected chi connectivity index (χ2v) is 5.81. The molecule has 124 valence electrons. The molecule has 0 amide bonds. The number of allylic oxidation sites excluding steroid dienone is 1. The van der Waals surface area contributed by atoms with E-state index in [-0.39, 0.29) is 19.0 Å². The molecule has 0 aliphatic heterocycles. The number of ether oxygens (including phenoxy) is 2. The van der Waals surface area contributed by atoms with Crippen molar-refractivity contribution >= 4 is 27.8 Å². The molecule has 2 rings (SSSR count). The number of benzene rings is 2. The van der Waals surface area contributed by atoms with Crippen LogP contribution in [0.2, 0.25) is 0 Å². The van der Waals surface area contributed by atoms with E-state index in [2.05, 4.69) is 27.8 Å². The highest BCUT2D eigenvalue weighted by Gasteiger charge is 2.12. The van der Waals surface area contributed by atoms with Gasteiger partial charge >= 0.3 is 0 Å². The Kier molecular flexibility index (Phi) is 6.89. The molecule has 2 aromatic rings. The highest BCUT2D eigenvalue weighted by Crippen LogP contribution is 2.26. The topological polar surface area (TPSA) is 35.5 Å². The van der Waals surface area contributed by atoms with Gasteiger partial charge in [-0.3, -0.25) is 4.79 Å². The van der Waals surface area contributed by atoms with Crippen molar-refractivity contribution in [1.82, 2.24) is 0 Å². The largest absolute Gasteiger partial charge is 0.481 e. The minimum absolute atomic E-state index is 0.0509. The Morgan fingerprint density at radius 1 is 1.04 bits per heavy atom. The third kappa shape index (κ3) is 5.57. The van der Waals surface area contributed by atoms with E-state index in [4.69, 9.17) is 22.3 Å². The molecule has 0 saturated carbocycles. The fraction of sp³-hybridized carbons (Fsp3) is 0.0952. The Balaban J connectivity index is 2.23. The zero-order valence-corrected chi connectivity index (χ0v) is 15.0. The molecule has 0 aliphatic rings. The molecule has 0 radical (unpaired) electrons. The van der Waals surface area contributed by atoms with E-state index in [0.29, 0.717) is 17.1 Å². The van der Waals surface area contributed by atoms with E-state index in [9.17, 15) is 4.79 Å². The first-order valence-electron chi connectivity index (χ1n) is 7.38. The molecule has 0 bridgehead atoms. The molecule has 0 spiro atoms. The Labute approximate surface area is 155 Å². The highest BCUT2D eigenvalue weighted by molar-refractivity contribution is 9.10. The van der Waals surface area contributed by atoms with Crippen molar-refractivity contribution in [3.63, 3.8) is 0 Å². The third-order valence-corrected chi connectivity index (χ3v) is 3.68. The number of terminal acetylenes is 2. The zero-order valence-electron chi connectivity index (χ0n) is 13.4. The summed E-state index contributed by atoms with van der Waals surface area (Å²) in [5.41, 5.74) is 1.31. The van der Waals surface area contributed by atoms with E-state index >= 15 is 0 Å². The number of hydrogen-bond donors (Lipinski definition) is 0. The van der Waals surface area contributed by atoms with Crippen LogP contribution in [0.1, 0.15) is 15.9 Å². The molecule has 25 heavy (non-hydrogen) atoms. The van der Waals surface area contributed by atoms with Crippen LogP contribution < -0.4 is 9.47 Å². The van der Waals surface area contributed by atoms with Gasteiger partial charge in [-0.2, -0.15) is 0 Å². The standard InChI is InChI=1S/C21H15BrO3/c1-3-13-24-18-10-11-19(21(15-18)25-14-4-2)20(23)12-7-16-5-8-17(22)9-6-16/h1-2,5-12,15H,13-14H2/b12-7+. The number of hydrogen-bond acceptors (Lipinski definition) is 3. The first-order valence-corrected chi connectivity index (χ1v) is 8.18. The summed E-state index contributed by atoms with van der Waals surface area (Å²) >= 11 is 3.37. The van der Waals surface area contributed by atoms with Gasteiger partial charge < -0.3 is 9.47 Å². The Morgan fingerprint density at radius 2 is 1.72 bits per heavy atom. The minimum atomic E-state index is -0.196. The molecule has 0 unspecified atom stereocenters. The Hall–Kier alpha value is -2.95. The summed E-state index contributed by atoms with van der Waals surface area (Å²) in [5.74, 6) is 5.44. The van der Waals surface area contributed by atoms with Crippen LogP contribution in [0.5, 0.6) is 11.5 Å². The average molecular weight is 395 g/mol. The second-order valence-electron chi connectivity index (χ2n) is 4.89. The summed E-state index contributed by atoms with van der Waals surface area (Å²) in [5, 5.41) is 0. The van der Waals surface area contributed by atoms with Crippen molar-refractivity contribution in [2.24, 2.45) is 0 Å². The molecule has 0 N–H and O–H groups in total. The number of ketones is 1. The molecule has 0 heterocycles. The van der Waals surface area contributed by atoms with Crippen LogP contribution in [0, 0.1) is 24.7 Å². The lowest BCUT2D eigenvalue weighted by atomic mass is 10.1. The van der Waals surface area contributed by atoms with Crippen LogP contribution in [0.3, 0.4) is 0 Å². The first kappa shape index (κ1) is 18.4. The van der Waals surface area contributed by atoms with Crippen molar-refractivity contribution in [3.8, 4) is 36.2 Å². The summed E-state index contributed by atoms with van der Waals surface area (Å²) in [7, 11) is 0. The van der Waals surface area contributed by atoms with Crippen LogP contribution in [0.15, 0.2) is 53.0 Å². The normalized spacial score (nSPS) is 10.0. The molecule has 0 atom stereocenters. The van der Waals surface area contributed by atoms with Gasteiger partial charge in [-0.25, -0.2) is 0 Å². The maximum Gasteiger partial charge on any atom is 0.189 e. The summed E-state index contributed by atoms with van der Waals surface area (Å²) in [6.45, 7) is 0.181. The van der Waals surface area contributed by atoms with Crippen LogP contribution in [-0.4, -0.2) is 19.0 Å². The SMILES string of the molecule is C#CCOc1ccc(C(=O)/C=C/c2ccc(Br)cc2)c(OCC#C)c1. The molecule has 0 aliphatic carbocycles. The van der Waals surface area contributed by atoms with Gasteiger partial charge in [-0.1, -0.05) is 46.0 Å². The van der Waals surface area contributed by atoms with E-state index < -0.39 is 0 Å². The lowest BCUT2D eigenvalue weighted by molar-refractivity contribution is 0.104. The van der Waals surface area contributed by atoms with Gasteiger partial charge in [0, 0.05) is 10.5 Å². The Morgan fingerprint density at radius 3 is 2.40 bits per heavy atom.